The van der Waals surface area contributed by atoms with E-state index in [1.165, 1.54) is 5.56 Å². The van der Waals surface area contributed by atoms with Crippen molar-refractivity contribution in [3.8, 4) is 11.4 Å². The lowest BCUT2D eigenvalue weighted by atomic mass is 10.1. The largest absolute Gasteiger partial charge is 0.330 e. The molecule has 2 rings (SSSR count). The number of aromatic nitrogens is 3. The quantitative estimate of drug-likeness (QED) is 0.841. The molecule has 0 saturated carbocycles. The van der Waals surface area contributed by atoms with Crippen LogP contribution in [0.15, 0.2) is 24.3 Å². The predicted octanol–water partition coefficient (Wildman–Crippen LogP) is 1.29. The molecule has 84 valence electrons. The Bertz CT molecular complexity index is 488. The lowest BCUT2D eigenvalue weighted by Gasteiger charge is -2.03. The Morgan fingerprint density at radius 3 is 2.81 bits per heavy atom. The van der Waals surface area contributed by atoms with E-state index in [0.29, 0.717) is 6.54 Å². The van der Waals surface area contributed by atoms with Crippen LogP contribution in [0.25, 0.3) is 11.4 Å². The molecule has 0 amide bonds. The normalized spacial score (nSPS) is 10.7. The van der Waals surface area contributed by atoms with E-state index in [9.17, 15) is 0 Å². The van der Waals surface area contributed by atoms with Gasteiger partial charge in [0.2, 0.25) is 0 Å². The molecule has 1 aromatic heterocycles. The third-order valence-electron chi connectivity index (χ3n) is 2.61. The SMILES string of the molecule is Cc1cccc(-c2nnc(CCN)n2C)c1. The molecule has 0 unspecified atom stereocenters. The van der Waals surface area contributed by atoms with Gasteiger partial charge < -0.3 is 10.3 Å². The smallest absolute Gasteiger partial charge is 0.163 e. The fourth-order valence-electron chi connectivity index (χ4n) is 1.74. The summed E-state index contributed by atoms with van der Waals surface area (Å²) in [5.41, 5.74) is 7.84. The van der Waals surface area contributed by atoms with Crippen molar-refractivity contribution >= 4 is 0 Å². The van der Waals surface area contributed by atoms with Gasteiger partial charge in [-0.3, -0.25) is 0 Å². The maximum atomic E-state index is 5.52. The summed E-state index contributed by atoms with van der Waals surface area (Å²) in [5, 5.41) is 8.35. The van der Waals surface area contributed by atoms with E-state index in [1.807, 2.05) is 23.7 Å². The van der Waals surface area contributed by atoms with Gasteiger partial charge in [0.15, 0.2) is 5.82 Å². The minimum absolute atomic E-state index is 0.597. The number of nitrogens with zero attached hydrogens (tertiary/aromatic N) is 3. The first-order valence-corrected chi connectivity index (χ1v) is 5.37. The molecule has 0 spiro atoms. The molecular formula is C12H16N4. The first kappa shape index (κ1) is 10.8. The van der Waals surface area contributed by atoms with E-state index in [0.717, 1.165) is 23.6 Å². The second-order valence-corrected chi connectivity index (χ2v) is 3.91. The molecule has 0 atom stereocenters. The zero-order chi connectivity index (χ0) is 11.5. The Morgan fingerprint density at radius 2 is 2.12 bits per heavy atom. The Balaban J connectivity index is 2.41. The van der Waals surface area contributed by atoms with Gasteiger partial charge in [0.25, 0.3) is 0 Å². The molecule has 16 heavy (non-hydrogen) atoms. The van der Waals surface area contributed by atoms with Gasteiger partial charge in [0.05, 0.1) is 0 Å². The van der Waals surface area contributed by atoms with Crippen molar-refractivity contribution in [1.29, 1.82) is 0 Å². The van der Waals surface area contributed by atoms with Crippen LogP contribution >= 0.6 is 0 Å². The monoisotopic (exact) mass is 216 g/mol. The van der Waals surface area contributed by atoms with Crippen molar-refractivity contribution in [2.24, 2.45) is 12.8 Å². The molecule has 4 nitrogen and oxygen atoms in total. The van der Waals surface area contributed by atoms with E-state index in [4.69, 9.17) is 5.73 Å². The maximum absolute atomic E-state index is 5.52. The van der Waals surface area contributed by atoms with Crippen LogP contribution in [0, 0.1) is 6.92 Å². The van der Waals surface area contributed by atoms with E-state index in [-0.39, 0.29) is 0 Å². The Labute approximate surface area is 95.1 Å². The summed E-state index contributed by atoms with van der Waals surface area (Å²) in [6, 6.07) is 8.25. The summed E-state index contributed by atoms with van der Waals surface area (Å²) in [4.78, 5) is 0. The van der Waals surface area contributed by atoms with Crippen LogP contribution in [0.1, 0.15) is 11.4 Å². The van der Waals surface area contributed by atoms with Gasteiger partial charge in [-0.1, -0.05) is 23.8 Å². The fraction of sp³-hybridized carbons (Fsp3) is 0.333. The average molecular weight is 216 g/mol. The number of rotatable bonds is 3. The van der Waals surface area contributed by atoms with Crippen molar-refractivity contribution in [1.82, 2.24) is 14.8 Å². The van der Waals surface area contributed by atoms with Crippen LogP contribution in [0.4, 0.5) is 0 Å². The topological polar surface area (TPSA) is 56.7 Å². The first-order chi connectivity index (χ1) is 7.72. The van der Waals surface area contributed by atoms with E-state index >= 15 is 0 Å². The summed E-state index contributed by atoms with van der Waals surface area (Å²) >= 11 is 0. The van der Waals surface area contributed by atoms with Crippen molar-refractivity contribution in [2.75, 3.05) is 6.54 Å². The van der Waals surface area contributed by atoms with Gasteiger partial charge >= 0.3 is 0 Å². The molecular weight excluding hydrogens is 200 g/mol. The molecule has 0 aliphatic carbocycles. The van der Waals surface area contributed by atoms with Crippen LogP contribution in [-0.4, -0.2) is 21.3 Å². The predicted molar refractivity (Wildman–Crippen MR) is 63.9 cm³/mol. The van der Waals surface area contributed by atoms with Crippen molar-refractivity contribution in [2.45, 2.75) is 13.3 Å². The molecule has 2 aromatic rings. The van der Waals surface area contributed by atoms with Crippen LogP contribution in [0.3, 0.4) is 0 Å². The molecule has 1 heterocycles. The Kier molecular flexibility index (Phi) is 3.01. The molecule has 0 aliphatic rings. The second kappa shape index (κ2) is 4.45. The third-order valence-corrected chi connectivity index (χ3v) is 2.61. The maximum Gasteiger partial charge on any atom is 0.163 e. The Morgan fingerprint density at radius 1 is 1.31 bits per heavy atom. The van der Waals surface area contributed by atoms with Crippen LogP contribution in [0.2, 0.25) is 0 Å². The van der Waals surface area contributed by atoms with Crippen LogP contribution < -0.4 is 5.73 Å². The summed E-state index contributed by atoms with van der Waals surface area (Å²) in [7, 11) is 1.97. The second-order valence-electron chi connectivity index (χ2n) is 3.91. The lowest BCUT2D eigenvalue weighted by molar-refractivity contribution is 0.780. The minimum Gasteiger partial charge on any atom is -0.330 e. The first-order valence-electron chi connectivity index (χ1n) is 5.37. The summed E-state index contributed by atoms with van der Waals surface area (Å²) < 4.78 is 2.00. The van der Waals surface area contributed by atoms with Crippen molar-refractivity contribution < 1.29 is 0 Å². The molecule has 0 bridgehead atoms. The summed E-state index contributed by atoms with van der Waals surface area (Å²) in [5.74, 6) is 1.83. The highest BCUT2D eigenvalue weighted by Gasteiger charge is 2.09. The molecule has 0 aliphatic heterocycles. The molecule has 4 heteroatoms. The number of benzene rings is 1. The van der Waals surface area contributed by atoms with E-state index < -0.39 is 0 Å². The highest BCUT2D eigenvalue weighted by Crippen LogP contribution is 2.18. The Hall–Kier alpha value is -1.68. The number of hydrogen-bond donors (Lipinski definition) is 1. The zero-order valence-electron chi connectivity index (χ0n) is 9.64. The molecule has 0 radical (unpaired) electrons. The number of nitrogens with two attached hydrogens (primary N) is 1. The third kappa shape index (κ3) is 1.97. The van der Waals surface area contributed by atoms with E-state index in [2.05, 4.69) is 29.3 Å². The summed E-state index contributed by atoms with van der Waals surface area (Å²) in [6.07, 6.45) is 0.759. The van der Waals surface area contributed by atoms with Gasteiger partial charge in [-0.05, 0) is 19.5 Å². The highest BCUT2D eigenvalue weighted by atomic mass is 15.3. The lowest BCUT2D eigenvalue weighted by Crippen LogP contribution is -2.08. The van der Waals surface area contributed by atoms with Crippen LogP contribution in [-0.2, 0) is 13.5 Å². The molecule has 1 aromatic carbocycles. The summed E-state index contributed by atoms with van der Waals surface area (Å²) in [6.45, 7) is 2.67. The molecule has 0 saturated heterocycles. The molecule has 0 fully saturated rings. The van der Waals surface area contributed by atoms with Gasteiger partial charge in [-0.2, -0.15) is 0 Å². The van der Waals surface area contributed by atoms with Crippen LogP contribution in [0.5, 0.6) is 0 Å². The zero-order valence-corrected chi connectivity index (χ0v) is 9.64. The van der Waals surface area contributed by atoms with E-state index in [1.54, 1.807) is 0 Å². The van der Waals surface area contributed by atoms with Crippen molar-refractivity contribution in [3.05, 3.63) is 35.7 Å². The average Bonchev–Trinajstić information content (AvgIpc) is 2.61. The van der Waals surface area contributed by atoms with Gasteiger partial charge in [0, 0.05) is 19.0 Å². The number of aryl methyl sites for hydroxylation is 1. The number of hydrogen-bond acceptors (Lipinski definition) is 3. The van der Waals surface area contributed by atoms with Crippen molar-refractivity contribution in [3.63, 3.8) is 0 Å². The van der Waals surface area contributed by atoms with Gasteiger partial charge in [0.1, 0.15) is 5.82 Å². The van der Waals surface area contributed by atoms with Gasteiger partial charge in [-0.15, -0.1) is 10.2 Å². The highest BCUT2D eigenvalue weighted by molar-refractivity contribution is 5.56. The minimum atomic E-state index is 0.597. The molecule has 2 N–H and O–H groups in total. The fourth-order valence-corrected chi connectivity index (χ4v) is 1.74. The standard InChI is InChI=1S/C12H16N4/c1-9-4-3-5-10(8-9)12-15-14-11(6-7-13)16(12)2/h3-5,8H,6-7,13H2,1-2H3. The van der Waals surface area contributed by atoms with Gasteiger partial charge in [-0.25, -0.2) is 0 Å².